The Kier molecular flexibility index (Phi) is 5.98. The number of esters is 1. The summed E-state index contributed by atoms with van der Waals surface area (Å²) >= 11 is 0. The molecule has 6 nitrogen and oxygen atoms in total. The number of hydrogen-bond acceptors (Lipinski definition) is 6. The molecule has 1 saturated heterocycles. The highest BCUT2D eigenvalue weighted by atomic mass is 16.7. The lowest BCUT2D eigenvalue weighted by Gasteiger charge is -2.41. The van der Waals surface area contributed by atoms with Crippen molar-refractivity contribution in [1.82, 2.24) is 0 Å². The first-order valence-electron chi connectivity index (χ1n) is 8.57. The Morgan fingerprint density at radius 2 is 1.44 bits per heavy atom. The van der Waals surface area contributed by atoms with E-state index in [0.717, 1.165) is 0 Å². The molecule has 6 heteroatoms. The molecule has 2 aromatic rings. The average Bonchev–Trinajstić information content (AvgIpc) is 2.68. The molecule has 1 aliphatic rings. The van der Waals surface area contributed by atoms with Gasteiger partial charge in [0.25, 0.3) is 0 Å². The maximum atomic E-state index is 11.6. The van der Waals surface area contributed by atoms with Crippen LogP contribution in [0.25, 0.3) is 0 Å². The first-order valence-corrected chi connectivity index (χ1v) is 8.57. The molecule has 3 rings (SSSR count). The van der Waals surface area contributed by atoms with Gasteiger partial charge in [-0.3, -0.25) is 4.79 Å². The van der Waals surface area contributed by atoms with Crippen LogP contribution < -0.4 is 9.47 Å². The Morgan fingerprint density at radius 1 is 0.926 bits per heavy atom. The van der Waals surface area contributed by atoms with Crippen molar-refractivity contribution in [3.8, 4) is 11.5 Å². The van der Waals surface area contributed by atoms with Gasteiger partial charge in [-0.2, -0.15) is 0 Å². The highest BCUT2D eigenvalue weighted by molar-refractivity contribution is 5.66. The van der Waals surface area contributed by atoms with Crippen molar-refractivity contribution in [2.75, 3.05) is 7.11 Å². The highest BCUT2D eigenvalue weighted by Gasteiger charge is 2.49. The number of rotatable bonds is 6. The lowest BCUT2D eigenvalue weighted by molar-refractivity contribution is -0.228. The van der Waals surface area contributed by atoms with Crippen molar-refractivity contribution in [2.24, 2.45) is 0 Å². The summed E-state index contributed by atoms with van der Waals surface area (Å²) in [5.74, 6) is 0.987. The van der Waals surface area contributed by atoms with Gasteiger partial charge in [-0.25, -0.2) is 0 Å². The van der Waals surface area contributed by atoms with E-state index in [1.54, 1.807) is 0 Å². The van der Waals surface area contributed by atoms with Crippen LogP contribution in [0.3, 0.4) is 0 Å². The number of carbonyl (C=O) groups excluding carboxylic acids is 1. The average molecular weight is 370 g/mol. The molecule has 0 spiro atoms. The molecule has 1 fully saturated rings. The Morgan fingerprint density at radius 3 is 1.93 bits per heavy atom. The monoisotopic (exact) mass is 370 g/mol. The van der Waals surface area contributed by atoms with Crippen molar-refractivity contribution in [3.05, 3.63) is 73.0 Å². The summed E-state index contributed by atoms with van der Waals surface area (Å²) in [6.45, 7) is 5.19. The van der Waals surface area contributed by atoms with Crippen LogP contribution in [0.1, 0.15) is 6.92 Å². The summed E-state index contributed by atoms with van der Waals surface area (Å²) < 4.78 is 28.8. The molecule has 1 heterocycles. The lowest BCUT2D eigenvalue weighted by Crippen LogP contribution is -2.58. The Balaban J connectivity index is 1.94. The van der Waals surface area contributed by atoms with Gasteiger partial charge in [-0.05, 0) is 24.3 Å². The minimum atomic E-state index is -0.845. The second kappa shape index (κ2) is 8.60. The molecule has 142 valence electrons. The SMILES string of the molecule is C=C1O[C@H](OC)[C@@H](Oc2ccccc2)[C@H](Oc2ccccc2)[C@@H]1OC(C)=O. The van der Waals surface area contributed by atoms with Crippen LogP contribution in [-0.4, -0.2) is 37.7 Å². The minimum Gasteiger partial charge on any atom is -0.482 e. The van der Waals surface area contributed by atoms with Crippen LogP contribution >= 0.6 is 0 Å². The largest absolute Gasteiger partial charge is 0.482 e. The van der Waals surface area contributed by atoms with Gasteiger partial charge in [0.1, 0.15) is 17.3 Å². The van der Waals surface area contributed by atoms with Gasteiger partial charge in [0.15, 0.2) is 12.2 Å². The molecule has 4 atom stereocenters. The van der Waals surface area contributed by atoms with E-state index in [-0.39, 0.29) is 5.76 Å². The first-order chi connectivity index (χ1) is 13.1. The molecule has 0 N–H and O–H groups in total. The first kappa shape index (κ1) is 18.8. The molecule has 2 aromatic carbocycles. The Bertz CT molecular complexity index is 761. The van der Waals surface area contributed by atoms with Crippen LogP contribution in [-0.2, 0) is 19.0 Å². The molecule has 0 aliphatic carbocycles. The van der Waals surface area contributed by atoms with Gasteiger partial charge in [0.05, 0.1) is 0 Å². The van der Waals surface area contributed by atoms with Crippen LogP contribution in [0.2, 0.25) is 0 Å². The topological polar surface area (TPSA) is 63.2 Å². The molecule has 0 bridgehead atoms. The fourth-order valence-corrected chi connectivity index (χ4v) is 2.85. The summed E-state index contributed by atoms with van der Waals surface area (Å²) in [5, 5.41) is 0. The smallest absolute Gasteiger partial charge is 0.303 e. The van der Waals surface area contributed by atoms with Crippen LogP contribution in [0.15, 0.2) is 73.0 Å². The molecular formula is C21H22O6. The van der Waals surface area contributed by atoms with Gasteiger partial charge in [0.2, 0.25) is 12.4 Å². The van der Waals surface area contributed by atoms with E-state index in [1.807, 2.05) is 60.7 Å². The van der Waals surface area contributed by atoms with Crippen molar-refractivity contribution in [3.63, 3.8) is 0 Å². The molecule has 0 aromatic heterocycles. The van der Waals surface area contributed by atoms with Crippen LogP contribution in [0.4, 0.5) is 0 Å². The van der Waals surface area contributed by atoms with Crippen molar-refractivity contribution < 1.29 is 28.5 Å². The molecule has 0 saturated carbocycles. The zero-order valence-electron chi connectivity index (χ0n) is 15.2. The van der Waals surface area contributed by atoms with Gasteiger partial charge in [-0.1, -0.05) is 43.0 Å². The van der Waals surface area contributed by atoms with E-state index in [9.17, 15) is 4.79 Å². The predicted octanol–water partition coefficient (Wildman–Crippen LogP) is 3.33. The summed E-state index contributed by atoms with van der Waals surface area (Å²) in [7, 11) is 1.50. The van der Waals surface area contributed by atoms with Crippen molar-refractivity contribution in [1.29, 1.82) is 0 Å². The third kappa shape index (κ3) is 4.60. The molecule has 1 aliphatic heterocycles. The fourth-order valence-electron chi connectivity index (χ4n) is 2.85. The minimum absolute atomic E-state index is 0.242. The second-order valence-electron chi connectivity index (χ2n) is 6.01. The Hall–Kier alpha value is -2.99. The van der Waals surface area contributed by atoms with Gasteiger partial charge >= 0.3 is 5.97 Å². The van der Waals surface area contributed by atoms with Crippen LogP contribution in [0.5, 0.6) is 11.5 Å². The third-order valence-electron chi connectivity index (χ3n) is 4.03. The number of para-hydroxylation sites is 2. The van der Waals surface area contributed by atoms with Gasteiger partial charge < -0.3 is 23.7 Å². The Labute approximate surface area is 158 Å². The number of carbonyl (C=O) groups is 1. The number of ether oxygens (including phenoxy) is 5. The van der Waals surface area contributed by atoms with Gasteiger partial charge in [-0.15, -0.1) is 0 Å². The molecule has 0 radical (unpaired) electrons. The zero-order chi connectivity index (χ0) is 19.2. The molecule has 0 amide bonds. The number of methoxy groups -OCH3 is 1. The highest BCUT2D eigenvalue weighted by Crippen LogP contribution is 2.32. The second-order valence-corrected chi connectivity index (χ2v) is 6.01. The zero-order valence-corrected chi connectivity index (χ0v) is 15.2. The normalized spacial score (nSPS) is 24.6. The maximum absolute atomic E-state index is 11.6. The van der Waals surface area contributed by atoms with E-state index in [1.165, 1.54) is 14.0 Å². The van der Waals surface area contributed by atoms with Gasteiger partial charge in [0, 0.05) is 14.0 Å². The molecular weight excluding hydrogens is 348 g/mol. The summed E-state index contributed by atoms with van der Waals surface area (Å²) in [6.07, 6.45) is -3.05. The van der Waals surface area contributed by atoms with E-state index in [2.05, 4.69) is 6.58 Å². The van der Waals surface area contributed by atoms with E-state index >= 15 is 0 Å². The van der Waals surface area contributed by atoms with E-state index < -0.39 is 30.6 Å². The quantitative estimate of drug-likeness (QED) is 0.727. The van der Waals surface area contributed by atoms with E-state index in [0.29, 0.717) is 11.5 Å². The summed E-state index contributed by atoms with van der Waals surface area (Å²) in [4.78, 5) is 11.6. The fraction of sp³-hybridized carbons (Fsp3) is 0.286. The predicted molar refractivity (Wildman–Crippen MR) is 98.3 cm³/mol. The van der Waals surface area contributed by atoms with E-state index in [4.69, 9.17) is 23.7 Å². The number of hydrogen-bond donors (Lipinski definition) is 0. The number of benzene rings is 2. The summed E-state index contributed by atoms with van der Waals surface area (Å²) in [5.41, 5.74) is 0. The molecule has 27 heavy (non-hydrogen) atoms. The van der Waals surface area contributed by atoms with Crippen LogP contribution in [0, 0.1) is 0 Å². The van der Waals surface area contributed by atoms with Crippen molar-refractivity contribution >= 4 is 5.97 Å². The maximum Gasteiger partial charge on any atom is 0.303 e. The third-order valence-corrected chi connectivity index (χ3v) is 4.03. The summed E-state index contributed by atoms with van der Waals surface area (Å²) in [6, 6.07) is 18.4. The standard InChI is InChI=1S/C21H22O6/c1-14-18(25-15(2)22)19(26-16-10-6-4-7-11-16)20(21(23-3)24-14)27-17-12-8-5-9-13-17/h4-13,18-21H,1H2,2-3H3/t18-,19-,20+,21+/m1/s1. The van der Waals surface area contributed by atoms with Crippen molar-refractivity contribution in [2.45, 2.75) is 31.5 Å². The lowest BCUT2D eigenvalue weighted by atomic mass is 10.0. The molecule has 0 unspecified atom stereocenters.